The van der Waals surface area contributed by atoms with Gasteiger partial charge < -0.3 is 15.5 Å². The van der Waals surface area contributed by atoms with Gasteiger partial charge in [-0.1, -0.05) is 27.7 Å². The van der Waals surface area contributed by atoms with Gasteiger partial charge in [0.15, 0.2) is 0 Å². The van der Waals surface area contributed by atoms with Crippen LogP contribution < -0.4 is 5.73 Å². The topological polar surface area (TPSA) is 66.6 Å². The number of piperidine rings is 1. The van der Waals surface area contributed by atoms with Crippen LogP contribution in [0.1, 0.15) is 53.4 Å². The van der Waals surface area contributed by atoms with Crippen molar-refractivity contribution in [2.75, 3.05) is 26.7 Å². The van der Waals surface area contributed by atoms with E-state index in [1.54, 1.807) is 9.80 Å². The largest absolute Gasteiger partial charge is 0.343 e. The van der Waals surface area contributed by atoms with E-state index in [1.165, 1.54) is 0 Å². The lowest BCUT2D eigenvalue weighted by Gasteiger charge is -2.38. The van der Waals surface area contributed by atoms with Crippen LogP contribution in [0.25, 0.3) is 0 Å². The minimum absolute atomic E-state index is 0.0467. The molecule has 22 heavy (non-hydrogen) atoms. The Morgan fingerprint density at radius 3 is 2.50 bits per heavy atom. The standard InChI is InChI=1S/C17H33N3O2/c1-13(2)10-14(20-9-7-6-8-15(20)21)16(22)19(5)12-17(3,4)11-18/h13-14H,6-12,18H2,1-5H3. The number of hydrogen-bond donors (Lipinski definition) is 1. The fourth-order valence-electron chi connectivity index (χ4n) is 3.00. The first-order chi connectivity index (χ1) is 10.2. The highest BCUT2D eigenvalue weighted by Crippen LogP contribution is 2.22. The number of carbonyl (C=O) groups excluding carboxylic acids is 2. The zero-order valence-corrected chi connectivity index (χ0v) is 14.9. The van der Waals surface area contributed by atoms with E-state index in [1.807, 2.05) is 7.05 Å². The molecule has 0 bridgehead atoms. The Morgan fingerprint density at radius 2 is 2.00 bits per heavy atom. The maximum Gasteiger partial charge on any atom is 0.245 e. The van der Waals surface area contributed by atoms with Gasteiger partial charge in [0.25, 0.3) is 0 Å². The molecular weight excluding hydrogens is 278 g/mol. The summed E-state index contributed by atoms with van der Waals surface area (Å²) >= 11 is 0. The van der Waals surface area contributed by atoms with Crippen LogP contribution in [0.2, 0.25) is 0 Å². The molecule has 1 saturated heterocycles. The second kappa shape index (κ2) is 7.95. The number of amides is 2. The van der Waals surface area contributed by atoms with Gasteiger partial charge in [0.1, 0.15) is 6.04 Å². The highest BCUT2D eigenvalue weighted by molar-refractivity contribution is 5.88. The Kier molecular flexibility index (Phi) is 6.85. The quantitative estimate of drug-likeness (QED) is 0.780. The minimum atomic E-state index is -0.327. The predicted molar refractivity (Wildman–Crippen MR) is 89.3 cm³/mol. The first kappa shape index (κ1) is 18.9. The highest BCUT2D eigenvalue weighted by atomic mass is 16.2. The van der Waals surface area contributed by atoms with E-state index in [4.69, 9.17) is 5.73 Å². The van der Waals surface area contributed by atoms with Crippen LogP contribution in [0.5, 0.6) is 0 Å². The van der Waals surface area contributed by atoms with Crippen molar-refractivity contribution < 1.29 is 9.59 Å². The number of nitrogens with zero attached hydrogens (tertiary/aromatic N) is 2. The second-order valence-electron chi connectivity index (χ2n) is 7.75. The predicted octanol–water partition coefficient (Wildman–Crippen LogP) is 1.86. The molecule has 0 spiro atoms. The van der Waals surface area contributed by atoms with Gasteiger partial charge in [-0.05, 0) is 37.1 Å². The SMILES string of the molecule is CC(C)CC(C(=O)N(C)CC(C)(C)CN)N1CCCCC1=O. The van der Waals surface area contributed by atoms with Crippen LogP contribution in [0.3, 0.4) is 0 Å². The summed E-state index contributed by atoms with van der Waals surface area (Å²) in [5, 5.41) is 0. The number of likely N-dealkylation sites (tertiary alicyclic amines) is 1. The monoisotopic (exact) mass is 311 g/mol. The maximum absolute atomic E-state index is 12.9. The third-order valence-electron chi connectivity index (χ3n) is 4.31. The molecule has 1 atom stereocenters. The van der Waals surface area contributed by atoms with Crippen molar-refractivity contribution in [2.45, 2.75) is 59.4 Å². The van der Waals surface area contributed by atoms with Crippen LogP contribution in [0.15, 0.2) is 0 Å². The highest BCUT2D eigenvalue weighted by Gasteiger charge is 2.34. The zero-order valence-electron chi connectivity index (χ0n) is 14.9. The van der Waals surface area contributed by atoms with E-state index in [9.17, 15) is 9.59 Å². The number of rotatable bonds is 7. The Labute approximate surface area is 135 Å². The molecule has 1 aliphatic rings. The normalized spacial score (nSPS) is 17.8. The molecule has 2 amide bonds. The number of likely N-dealkylation sites (N-methyl/N-ethyl adjacent to an activating group) is 1. The van der Waals surface area contributed by atoms with Gasteiger partial charge in [-0.3, -0.25) is 9.59 Å². The molecule has 128 valence electrons. The zero-order chi connectivity index (χ0) is 16.9. The van der Waals surface area contributed by atoms with Crippen LogP contribution in [0.4, 0.5) is 0 Å². The molecule has 1 rings (SSSR count). The molecule has 1 aliphatic heterocycles. The van der Waals surface area contributed by atoms with E-state index in [2.05, 4.69) is 27.7 Å². The van der Waals surface area contributed by atoms with Gasteiger partial charge in [-0.25, -0.2) is 0 Å². The molecule has 0 radical (unpaired) electrons. The average molecular weight is 311 g/mol. The van der Waals surface area contributed by atoms with Crippen molar-refractivity contribution in [3.8, 4) is 0 Å². The smallest absolute Gasteiger partial charge is 0.245 e. The van der Waals surface area contributed by atoms with Crippen molar-refractivity contribution >= 4 is 11.8 Å². The summed E-state index contributed by atoms with van der Waals surface area (Å²) in [5.41, 5.74) is 5.66. The Bertz CT molecular complexity index is 393. The maximum atomic E-state index is 12.9. The lowest BCUT2D eigenvalue weighted by Crippen LogP contribution is -2.53. The summed E-state index contributed by atoms with van der Waals surface area (Å²) in [6.07, 6.45) is 3.22. The number of nitrogens with two attached hydrogens (primary N) is 1. The average Bonchev–Trinajstić information content (AvgIpc) is 2.44. The molecule has 0 aromatic heterocycles. The lowest BCUT2D eigenvalue weighted by molar-refractivity contribution is -0.148. The molecular formula is C17H33N3O2. The van der Waals surface area contributed by atoms with Gasteiger partial charge in [-0.2, -0.15) is 0 Å². The van der Waals surface area contributed by atoms with E-state index >= 15 is 0 Å². The van der Waals surface area contributed by atoms with E-state index in [-0.39, 0.29) is 23.3 Å². The van der Waals surface area contributed by atoms with Crippen molar-refractivity contribution in [3.05, 3.63) is 0 Å². The van der Waals surface area contributed by atoms with Crippen LogP contribution in [-0.2, 0) is 9.59 Å². The minimum Gasteiger partial charge on any atom is -0.343 e. The van der Waals surface area contributed by atoms with Gasteiger partial charge >= 0.3 is 0 Å². The third kappa shape index (κ3) is 5.27. The molecule has 1 fully saturated rings. The molecule has 1 unspecified atom stereocenters. The molecule has 2 N–H and O–H groups in total. The van der Waals surface area contributed by atoms with Crippen molar-refractivity contribution in [1.29, 1.82) is 0 Å². The van der Waals surface area contributed by atoms with Crippen LogP contribution >= 0.6 is 0 Å². The molecule has 0 saturated carbocycles. The summed E-state index contributed by atoms with van der Waals surface area (Å²) < 4.78 is 0. The van der Waals surface area contributed by atoms with Gasteiger partial charge in [0.05, 0.1) is 0 Å². The summed E-state index contributed by atoms with van der Waals surface area (Å²) in [5.74, 6) is 0.543. The summed E-state index contributed by atoms with van der Waals surface area (Å²) in [6.45, 7) is 10.1. The molecule has 0 aromatic rings. The summed E-state index contributed by atoms with van der Waals surface area (Å²) in [4.78, 5) is 28.7. The van der Waals surface area contributed by atoms with Gasteiger partial charge in [-0.15, -0.1) is 0 Å². The number of hydrogen-bond acceptors (Lipinski definition) is 3. The van der Waals surface area contributed by atoms with E-state index in [0.717, 1.165) is 19.3 Å². The molecule has 0 aliphatic carbocycles. The van der Waals surface area contributed by atoms with E-state index in [0.29, 0.717) is 32.0 Å². The third-order valence-corrected chi connectivity index (χ3v) is 4.31. The Hall–Kier alpha value is -1.10. The van der Waals surface area contributed by atoms with Crippen molar-refractivity contribution in [1.82, 2.24) is 9.80 Å². The Morgan fingerprint density at radius 1 is 1.36 bits per heavy atom. The first-order valence-electron chi connectivity index (χ1n) is 8.42. The van der Waals surface area contributed by atoms with Crippen LogP contribution in [0, 0.1) is 11.3 Å². The molecule has 1 heterocycles. The van der Waals surface area contributed by atoms with Crippen molar-refractivity contribution in [3.63, 3.8) is 0 Å². The fraction of sp³-hybridized carbons (Fsp3) is 0.882. The van der Waals surface area contributed by atoms with Crippen molar-refractivity contribution in [2.24, 2.45) is 17.1 Å². The molecule has 5 nitrogen and oxygen atoms in total. The first-order valence-corrected chi connectivity index (χ1v) is 8.42. The fourth-order valence-corrected chi connectivity index (χ4v) is 3.00. The van der Waals surface area contributed by atoms with Crippen LogP contribution in [-0.4, -0.2) is 54.3 Å². The van der Waals surface area contributed by atoms with E-state index < -0.39 is 0 Å². The lowest BCUT2D eigenvalue weighted by atomic mass is 9.92. The summed E-state index contributed by atoms with van der Waals surface area (Å²) in [6, 6.07) is -0.327. The Balaban J connectivity index is 2.86. The van der Waals surface area contributed by atoms with Gasteiger partial charge in [0.2, 0.25) is 11.8 Å². The van der Waals surface area contributed by atoms with Gasteiger partial charge in [0, 0.05) is 26.6 Å². The summed E-state index contributed by atoms with van der Waals surface area (Å²) in [7, 11) is 1.82. The molecule has 5 heteroatoms. The molecule has 0 aromatic carbocycles. The number of carbonyl (C=O) groups is 2. The second-order valence-corrected chi connectivity index (χ2v) is 7.75.